The Hall–Kier alpha value is -0.450. The van der Waals surface area contributed by atoms with Crippen LogP contribution >= 0.6 is 11.3 Å². The van der Waals surface area contributed by atoms with Gasteiger partial charge in [0.2, 0.25) is 0 Å². The highest BCUT2D eigenvalue weighted by Gasteiger charge is 2.23. The molecule has 3 nitrogen and oxygen atoms in total. The smallest absolute Gasteiger partial charge is 0.0897 e. The van der Waals surface area contributed by atoms with Gasteiger partial charge in [0.15, 0.2) is 0 Å². The van der Waals surface area contributed by atoms with E-state index in [1.807, 2.05) is 0 Å². The van der Waals surface area contributed by atoms with Gasteiger partial charge in [0.25, 0.3) is 0 Å². The largest absolute Gasteiger partial charge is 0.317 e. The molecule has 0 saturated carbocycles. The van der Waals surface area contributed by atoms with E-state index in [1.54, 1.807) is 11.3 Å². The number of hydrogen-bond donors (Lipinski definition) is 1. The third-order valence-electron chi connectivity index (χ3n) is 3.74. The standard InChI is InChI=1S/C13H23N3S/c1-10-8-12(14-3)4-6-16(10)7-5-13-9-17-11(2)15-13/h9-10,12,14H,4-8H2,1-3H3. The number of nitrogens with one attached hydrogen (secondary N) is 1. The van der Waals surface area contributed by atoms with Gasteiger partial charge in [-0.05, 0) is 40.3 Å². The van der Waals surface area contributed by atoms with Gasteiger partial charge in [0, 0.05) is 30.4 Å². The molecule has 0 amide bonds. The molecule has 2 heterocycles. The SMILES string of the molecule is CNC1CCN(CCc2csc(C)n2)C(C)C1. The minimum absolute atomic E-state index is 0.695. The summed E-state index contributed by atoms with van der Waals surface area (Å²) < 4.78 is 0. The summed E-state index contributed by atoms with van der Waals surface area (Å²) in [6.07, 6.45) is 3.64. The first-order valence-corrected chi connectivity index (χ1v) is 7.39. The summed E-state index contributed by atoms with van der Waals surface area (Å²) in [5.41, 5.74) is 1.26. The molecule has 1 aliphatic heterocycles. The van der Waals surface area contributed by atoms with Crippen molar-refractivity contribution < 1.29 is 0 Å². The molecule has 96 valence electrons. The summed E-state index contributed by atoms with van der Waals surface area (Å²) >= 11 is 1.76. The van der Waals surface area contributed by atoms with Crippen LogP contribution in [0, 0.1) is 6.92 Å². The van der Waals surface area contributed by atoms with Crippen LogP contribution in [0.2, 0.25) is 0 Å². The van der Waals surface area contributed by atoms with E-state index in [4.69, 9.17) is 0 Å². The lowest BCUT2D eigenvalue weighted by molar-refractivity contribution is 0.140. The molecule has 0 aromatic carbocycles. The molecule has 17 heavy (non-hydrogen) atoms. The van der Waals surface area contributed by atoms with Crippen molar-refractivity contribution in [2.75, 3.05) is 20.1 Å². The molecule has 2 rings (SSSR count). The van der Waals surface area contributed by atoms with Gasteiger partial charge in [0.05, 0.1) is 10.7 Å². The average Bonchev–Trinajstić information content (AvgIpc) is 2.73. The zero-order chi connectivity index (χ0) is 12.3. The van der Waals surface area contributed by atoms with Crippen molar-refractivity contribution in [3.63, 3.8) is 0 Å². The first kappa shape index (κ1) is 13.0. The molecular formula is C13H23N3S. The van der Waals surface area contributed by atoms with Crippen molar-refractivity contribution in [1.29, 1.82) is 0 Å². The second-order valence-corrected chi connectivity index (χ2v) is 6.07. The molecule has 0 radical (unpaired) electrons. The molecule has 1 N–H and O–H groups in total. The third kappa shape index (κ3) is 3.50. The van der Waals surface area contributed by atoms with Crippen LogP contribution in [0.3, 0.4) is 0 Å². The molecular weight excluding hydrogens is 230 g/mol. The van der Waals surface area contributed by atoms with E-state index < -0.39 is 0 Å². The first-order chi connectivity index (χ1) is 8.19. The second-order valence-electron chi connectivity index (χ2n) is 5.00. The number of piperidine rings is 1. The minimum Gasteiger partial charge on any atom is -0.317 e. The van der Waals surface area contributed by atoms with Gasteiger partial charge in [-0.2, -0.15) is 0 Å². The van der Waals surface area contributed by atoms with E-state index in [9.17, 15) is 0 Å². The molecule has 0 bridgehead atoms. The molecule has 1 fully saturated rings. The zero-order valence-corrected chi connectivity index (χ0v) is 11.9. The Bertz CT molecular complexity index is 350. The molecule has 1 aromatic heterocycles. The van der Waals surface area contributed by atoms with Gasteiger partial charge in [-0.25, -0.2) is 4.98 Å². The Labute approximate surface area is 108 Å². The maximum Gasteiger partial charge on any atom is 0.0897 e. The van der Waals surface area contributed by atoms with Gasteiger partial charge in [0.1, 0.15) is 0 Å². The Kier molecular flexibility index (Phi) is 4.54. The summed E-state index contributed by atoms with van der Waals surface area (Å²) in [4.78, 5) is 7.13. The molecule has 1 saturated heterocycles. The topological polar surface area (TPSA) is 28.2 Å². The van der Waals surface area contributed by atoms with Crippen molar-refractivity contribution in [1.82, 2.24) is 15.2 Å². The van der Waals surface area contributed by atoms with Crippen molar-refractivity contribution in [3.05, 3.63) is 16.1 Å². The van der Waals surface area contributed by atoms with Crippen molar-refractivity contribution in [3.8, 4) is 0 Å². The summed E-state index contributed by atoms with van der Waals surface area (Å²) in [7, 11) is 2.07. The highest BCUT2D eigenvalue weighted by Crippen LogP contribution is 2.18. The van der Waals surface area contributed by atoms with Gasteiger partial charge in [-0.1, -0.05) is 0 Å². The first-order valence-electron chi connectivity index (χ1n) is 6.51. The summed E-state index contributed by atoms with van der Waals surface area (Å²) in [6, 6.07) is 1.41. The molecule has 0 spiro atoms. The summed E-state index contributed by atoms with van der Waals surface area (Å²) in [6.45, 7) is 6.79. The molecule has 4 heteroatoms. The number of aromatic nitrogens is 1. The average molecular weight is 253 g/mol. The number of rotatable bonds is 4. The lowest BCUT2D eigenvalue weighted by Crippen LogP contribution is -2.47. The Balaban J connectivity index is 1.80. The Morgan fingerprint density at radius 1 is 1.59 bits per heavy atom. The van der Waals surface area contributed by atoms with Crippen molar-refractivity contribution in [2.24, 2.45) is 0 Å². The highest BCUT2D eigenvalue weighted by molar-refractivity contribution is 7.09. The number of thiazole rings is 1. The molecule has 1 aliphatic rings. The number of likely N-dealkylation sites (tertiary alicyclic amines) is 1. The second kappa shape index (κ2) is 5.94. The van der Waals surface area contributed by atoms with Crippen LogP contribution in [0.15, 0.2) is 5.38 Å². The van der Waals surface area contributed by atoms with E-state index >= 15 is 0 Å². The Morgan fingerprint density at radius 2 is 2.41 bits per heavy atom. The maximum absolute atomic E-state index is 4.53. The zero-order valence-electron chi connectivity index (χ0n) is 11.1. The van der Waals surface area contributed by atoms with Gasteiger partial charge < -0.3 is 10.2 Å². The predicted octanol–water partition coefficient (Wildman–Crippen LogP) is 2.07. The monoisotopic (exact) mass is 253 g/mol. The molecule has 2 atom stereocenters. The summed E-state index contributed by atoms with van der Waals surface area (Å²) in [5.74, 6) is 0. The van der Waals surface area contributed by atoms with Crippen molar-refractivity contribution >= 4 is 11.3 Å². The third-order valence-corrected chi connectivity index (χ3v) is 4.57. The van der Waals surface area contributed by atoms with Crippen molar-refractivity contribution in [2.45, 2.75) is 45.2 Å². The van der Waals surface area contributed by atoms with Crippen LogP contribution in [-0.2, 0) is 6.42 Å². The highest BCUT2D eigenvalue weighted by atomic mass is 32.1. The van der Waals surface area contributed by atoms with Gasteiger partial charge in [-0.3, -0.25) is 0 Å². The molecule has 1 aromatic rings. The van der Waals surface area contributed by atoms with E-state index in [2.05, 4.69) is 41.5 Å². The fourth-order valence-electron chi connectivity index (χ4n) is 2.60. The quantitative estimate of drug-likeness (QED) is 0.890. The normalized spacial score (nSPS) is 26.3. The van der Waals surface area contributed by atoms with E-state index in [0.29, 0.717) is 12.1 Å². The van der Waals surface area contributed by atoms with Crippen LogP contribution in [0.25, 0.3) is 0 Å². The fourth-order valence-corrected chi connectivity index (χ4v) is 3.24. The number of aryl methyl sites for hydroxylation is 1. The Morgan fingerprint density at radius 3 is 3.00 bits per heavy atom. The van der Waals surface area contributed by atoms with Crippen LogP contribution < -0.4 is 5.32 Å². The summed E-state index contributed by atoms with van der Waals surface area (Å²) in [5, 5.41) is 6.77. The number of nitrogens with zero attached hydrogens (tertiary/aromatic N) is 2. The molecule has 0 aliphatic carbocycles. The van der Waals surface area contributed by atoms with Crippen LogP contribution in [0.4, 0.5) is 0 Å². The predicted molar refractivity (Wildman–Crippen MR) is 73.7 cm³/mol. The van der Waals surface area contributed by atoms with Crippen LogP contribution in [0.5, 0.6) is 0 Å². The van der Waals surface area contributed by atoms with Gasteiger partial charge in [-0.15, -0.1) is 11.3 Å². The number of hydrogen-bond acceptors (Lipinski definition) is 4. The van der Waals surface area contributed by atoms with Crippen LogP contribution in [-0.4, -0.2) is 42.1 Å². The maximum atomic E-state index is 4.53. The van der Waals surface area contributed by atoms with Crippen LogP contribution in [0.1, 0.15) is 30.5 Å². The lowest BCUT2D eigenvalue weighted by Gasteiger charge is -2.37. The fraction of sp³-hybridized carbons (Fsp3) is 0.769. The van der Waals surface area contributed by atoms with Gasteiger partial charge >= 0.3 is 0 Å². The molecule has 2 unspecified atom stereocenters. The van der Waals surface area contributed by atoms with E-state index in [-0.39, 0.29) is 0 Å². The van der Waals surface area contributed by atoms with E-state index in [0.717, 1.165) is 13.0 Å². The van der Waals surface area contributed by atoms with E-state index in [1.165, 1.54) is 30.1 Å². The minimum atomic E-state index is 0.695. The lowest BCUT2D eigenvalue weighted by atomic mass is 9.98.